The van der Waals surface area contributed by atoms with E-state index in [-0.39, 0.29) is 18.7 Å². The van der Waals surface area contributed by atoms with Crippen LogP contribution in [0.15, 0.2) is 12.1 Å². The smallest absolute Gasteiger partial charge is 0.326 e. The molecule has 21 heavy (non-hydrogen) atoms. The van der Waals surface area contributed by atoms with Gasteiger partial charge in [0, 0.05) is 12.6 Å². The minimum atomic E-state index is -1.24. The van der Waals surface area contributed by atoms with Gasteiger partial charge in [-0.05, 0) is 12.8 Å². The van der Waals surface area contributed by atoms with Crippen LogP contribution < -0.4 is 4.90 Å². The minimum Gasteiger partial charge on any atom is -0.480 e. The number of hydrogen-bond acceptors (Lipinski definition) is 6. The highest BCUT2D eigenvalue weighted by molar-refractivity contribution is 5.81. The Morgan fingerprint density at radius 1 is 1.29 bits per heavy atom. The maximum atomic E-state index is 13.7. The van der Waals surface area contributed by atoms with Crippen LogP contribution in [-0.4, -0.2) is 33.5 Å². The van der Waals surface area contributed by atoms with Gasteiger partial charge in [0.15, 0.2) is 0 Å². The van der Waals surface area contributed by atoms with Crippen molar-refractivity contribution in [3.05, 3.63) is 38.2 Å². The molecule has 2 rings (SSSR count). The third kappa shape index (κ3) is 2.59. The van der Waals surface area contributed by atoms with Crippen LogP contribution in [0.1, 0.15) is 12.8 Å². The molecule has 0 aromatic heterocycles. The van der Waals surface area contributed by atoms with E-state index in [2.05, 4.69) is 0 Å². The van der Waals surface area contributed by atoms with Crippen LogP contribution in [0, 0.1) is 26.0 Å². The number of aliphatic carboxylic acids is 1. The number of hydrogen-bond donors (Lipinski definition) is 1. The normalized spacial score (nSPS) is 17.8. The SMILES string of the molecule is O=C(O)[C@@H]1CCCN1c1cc(F)c([N+](=O)[O-])cc1[N+](=O)[O-]. The maximum absolute atomic E-state index is 13.7. The number of carbonyl (C=O) groups is 1. The lowest BCUT2D eigenvalue weighted by atomic mass is 10.1. The predicted octanol–water partition coefficient (Wildman–Crippen LogP) is 1.70. The molecule has 1 aliphatic rings. The van der Waals surface area contributed by atoms with Gasteiger partial charge >= 0.3 is 11.7 Å². The van der Waals surface area contributed by atoms with Crippen molar-refractivity contribution in [2.75, 3.05) is 11.4 Å². The molecule has 0 saturated carbocycles. The van der Waals surface area contributed by atoms with Gasteiger partial charge in [-0.3, -0.25) is 20.2 Å². The van der Waals surface area contributed by atoms with E-state index in [1.54, 1.807) is 0 Å². The molecule has 1 N–H and O–H groups in total. The lowest BCUT2D eigenvalue weighted by Gasteiger charge is -2.23. The van der Waals surface area contributed by atoms with E-state index >= 15 is 0 Å². The van der Waals surface area contributed by atoms with Crippen molar-refractivity contribution in [1.82, 2.24) is 0 Å². The van der Waals surface area contributed by atoms with Crippen molar-refractivity contribution in [3.63, 3.8) is 0 Å². The summed E-state index contributed by atoms with van der Waals surface area (Å²) in [4.78, 5) is 32.0. The van der Waals surface area contributed by atoms with Crippen LogP contribution in [-0.2, 0) is 4.79 Å². The molecular formula is C11H10FN3O6. The molecule has 1 aromatic carbocycles. The van der Waals surface area contributed by atoms with Crippen LogP contribution in [0.2, 0.25) is 0 Å². The van der Waals surface area contributed by atoms with Gasteiger partial charge in [0.2, 0.25) is 5.82 Å². The van der Waals surface area contributed by atoms with Gasteiger partial charge in [-0.25, -0.2) is 4.79 Å². The molecule has 1 atom stereocenters. The number of rotatable bonds is 4. The van der Waals surface area contributed by atoms with Gasteiger partial charge in [0.25, 0.3) is 5.69 Å². The predicted molar refractivity (Wildman–Crippen MR) is 67.7 cm³/mol. The van der Waals surface area contributed by atoms with Gasteiger partial charge in [-0.1, -0.05) is 0 Å². The zero-order valence-electron chi connectivity index (χ0n) is 10.6. The lowest BCUT2D eigenvalue weighted by molar-refractivity contribution is -0.395. The fourth-order valence-corrected chi connectivity index (χ4v) is 2.37. The molecule has 1 aromatic rings. The summed E-state index contributed by atoms with van der Waals surface area (Å²) < 4.78 is 13.7. The number of halogens is 1. The first-order chi connectivity index (χ1) is 9.82. The number of nitrogens with zero attached hydrogens (tertiary/aromatic N) is 3. The molecule has 0 amide bonds. The largest absolute Gasteiger partial charge is 0.480 e. The average Bonchev–Trinajstić information content (AvgIpc) is 2.86. The van der Waals surface area contributed by atoms with E-state index in [9.17, 15) is 29.4 Å². The summed E-state index contributed by atoms with van der Waals surface area (Å²) in [5.74, 6) is -2.42. The first-order valence-corrected chi connectivity index (χ1v) is 5.94. The Kier molecular flexibility index (Phi) is 3.70. The Morgan fingerprint density at radius 3 is 2.43 bits per heavy atom. The summed E-state index contributed by atoms with van der Waals surface area (Å²) in [6.45, 7) is 0.203. The van der Waals surface area contributed by atoms with Gasteiger partial charge < -0.3 is 10.0 Å². The van der Waals surface area contributed by atoms with Gasteiger partial charge in [-0.15, -0.1) is 0 Å². The summed E-state index contributed by atoms with van der Waals surface area (Å²) in [6, 6.07) is 0.156. The number of benzene rings is 1. The summed E-state index contributed by atoms with van der Waals surface area (Å²) in [5.41, 5.74) is -1.96. The second kappa shape index (κ2) is 5.31. The first-order valence-electron chi connectivity index (χ1n) is 5.94. The van der Waals surface area contributed by atoms with Gasteiger partial charge in [0.05, 0.1) is 15.9 Å². The number of carboxylic acid groups (broad SMARTS) is 1. The number of nitro groups is 2. The second-order valence-corrected chi connectivity index (χ2v) is 4.50. The molecule has 0 unspecified atom stereocenters. The zero-order chi connectivity index (χ0) is 15.7. The van der Waals surface area contributed by atoms with E-state index in [1.807, 2.05) is 0 Å². The summed E-state index contributed by atoms with van der Waals surface area (Å²) in [6.07, 6.45) is 0.748. The molecule has 10 heteroatoms. The quantitative estimate of drug-likeness (QED) is 0.662. The van der Waals surface area contributed by atoms with Crippen molar-refractivity contribution in [2.45, 2.75) is 18.9 Å². The molecule has 9 nitrogen and oxygen atoms in total. The van der Waals surface area contributed by atoms with E-state index < -0.39 is 39.0 Å². The highest BCUT2D eigenvalue weighted by Gasteiger charge is 2.36. The van der Waals surface area contributed by atoms with Crippen LogP contribution in [0.25, 0.3) is 0 Å². The summed E-state index contributed by atoms with van der Waals surface area (Å²) in [7, 11) is 0. The van der Waals surface area contributed by atoms with E-state index in [0.717, 1.165) is 0 Å². The Morgan fingerprint density at radius 2 is 1.90 bits per heavy atom. The highest BCUT2D eigenvalue weighted by atomic mass is 19.1. The standard InChI is InChI=1S/C11H10FN3O6/c12-6-4-9(13-3-1-2-7(13)11(16)17)10(15(20)21)5-8(6)14(18)19/h4-5,7H,1-3H2,(H,16,17)/t7-/m0/s1. The second-order valence-electron chi connectivity index (χ2n) is 4.50. The Bertz CT molecular complexity index is 635. The molecule has 112 valence electrons. The van der Waals surface area contributed by atoms with Crippen molar-refractivity contribution >= 4 is 23.0 Å². The fraction of sp³-hybridized carbons (Fsp3) is 0.364. The van der Waals surface area contributed by atoms with Crippen LogP contribution in [0.3, 0.4) is 0 Å². The Balaban J connectivity index is 2.57. The Hall–Kier alpha value is -2.78. The molecule has 0 spiro atoms. The maximum Gasteiger partial charge on any atom is 0.326 e. The van der Waals surface area contributed by atoms with Crippen LogP contribution in [0.5, 0.6) is 0 Å². The fourth-order valence-electron chi connectivity index (χ4n) is 2.37. The molecule has 0 bridgehead atoms. The molecular weight excluding hydrogens is 289 g/mol. The van der Waals surface area contributed by atoms with Crippen LogP contribution in [0.4, 0.5) is 21.5 Å². The molecule has 1 fully saturated rings. The molecule has 1 aliphatic heterocycles. The lowest BCUT2D eigenvalue weighted by Crippen LogP contribution is -2.36. The number of carboxylic acids is 1. The van der Waals surface area contributed by atoms with Crippen molar-refractivity contribution in [3.8, 4) is 0 Å². The average molecular weight is 299 g/mol. The zero-order valence-corrected chi connectivity index (χ0v) is 10.6. The Labute approximate surface area is 116 Å². The third-order valence-corrected chi connectivity index (χ3v) is 3.28. The van der Waals surface area contributed by atoms with E-state index in [1.165, 1.54) is 4.90 Å². The molecule has 1 heterocycles. The van der Waals surface area contributed by atoms with Crippen molar-refractivity contribution in [1.29, 1.82) is 0 Å². The van der Waals surface area contributed by atoms with Gasteiger partial charge in [0.1, 0.15) is 11.7 Å². The van der Waals surface area contributed by atoms with Crippen LogP contribution >= 0.6 is 0 Å². The van der Waals surface area contributed by atoms with E-state index in [0.29, 0.717) is 18.6 Å². The number of anilines is 1. The van der Waals surface area contributed by atoms with Gasteiger partial charge in [-0.2, -0.15) is 4.39 Å². The highest BCUT2D eigenvalue weighted by Crippen LogP contribution is 2.37. The molecule has 0 aliphatic carbocycles. The topological polar surface area (TPSA) is 127 Å². The van der Waals surface area contributed by atoms with Crippen molar-refractivity contribution < 1.29 is 24.1 Å². The molecule has 1 saturated heterocycles. The minimum absolute atomic E-state index is 0.203. The van der Waals surface area contributed by atoms with Crippen molar-refractivity contribution in [2.24, 2.45) is 0 Å². The third-order valence-electron chi connectivity index (χ3n) is 3.28. The molecule has 0 radical (unpaired) electrons. The number of nitro benzene ring substituents is 2. The summed E-state index contributed by atoms with van der Waals surface area (Å²) >= 11 is 0. The first kappa shape index (κ1) is 14.6. The monoisotopic (exact) mass is 299 g/mol. The summed E-state index contributed by atoms with van der Waals surface area (Å²) in [5, 5.41) is 30.7. The van der Waals surface area contributed by atoms with E-state index in [4.69, 9.17) is 5.11 Å².